The minimum atomic E-state index is -4.65. The van der Waals surface area contributed by atoms with Crippen LogP contribution in [0.4, 0.5) is 13.2 Å². The highest BCUT2D eigenvalue weighted by molar-refractivity contribution is 7.94. The van der Waals surface area contributed by atoms with Crippen molar-refractivity contribution >= 4 is 62.7 Å². The normalized spacial score (nSPS) is 12.0. The molecule has 0 bridgehead atoms. The standard InChI is InChI=1S/C29H19Cl2F3NP/c30-21-17-25-20(16-27(29(32,33)34)35-28(25)26(31)18-21)19-36(22-10-4-1-5-11-22,23-12-6-2-7-13-23)24-14-8-3-9-15-24/h1-19H. The maximum atomic E-state index is 14.0. The third-order valence-electron chi connectivity index (χ3n) is 5.98. The molecule has 0 unspecified atom stereocenters. The minimum absolute atomic E-state index is 0.0643. The van der Waals surface area contributed by atoms with Gasteiger partial charge in [0.05, 0.1) is 10.5 Å². The summed E-state index contributed by atoms with van der Waals surface area (Å²) in [5, 5.41) is 3.89. The van der Waals surface area contributed by atoms with Crippen molar-refractivity contribution in [2.45, 2.75) is 6.18 Å². The summed E-state index contributed by atoms with van der Waals surface area (Å²) < 4.78 is 41.9. The first-order valence-electron chi connectivity index (χ1n) is 11.1. The second-order valence-electron chi connectivity index (χ2n) is 8.24. The Bertz CT molecular complexity index is 1480. The molecule has 7 heteroatoms. The maximum Gasteiger partial charge on any atom is 0.433 e. The summed E-state index contributed by atoms with van der Waals surface area (Å²) in [6.07, 6.45) is -4.65. The van der Waals surface area contributed by atoms with Gasteiger partial charge >= 0.3 is 6.18 Å². The predicted octanol–water partition coefficient (Wildman–Crippen LogP) is 7.70. The van der Waals surface area contributed by atoms with Crippen molar-refractivity contribution in [1.29, 1.82) is 0 Å². The zero-order valence-electron chi connectivity index (χ0n) is 18.8. The first kappa shape index (κ1) is 24.6. The maximum absolute atomic E-state index is 14.0. The highest BCUT2D eigenvalue weighted by Crippen LogP contribution is 2.46. The zero-order valence-corrected chi connectivity index (χ0v) is 21.2. The number of nitrogens with zero attached hydrogens (tertiary/aromatic N) is 1. The summed E-state index contributed by atoms with van der Waals surface area (Å²) in [6.45, 7) is -2.59. The van der Waals surface area contributed by atoms with Crippen molar-refractivity contribution in [3.05, 3.63) is 130 Å². The van der Waals surface area contributed by atoms with Gasteiger partial charge in [-0.3, -0.25) is 0 Å². The second kappa shape index (κ2) is 9.78. The molecule has 5 aromatic rings. The Balaban J connectivity index is 2.01. The third-order valence-corrected chi connectivity index (χ3v) is 10.5. The number of hydrogen-bond donors (Lipinski definition) is 0. The first-order valence-corrected chi connectivity index (χ1v) is 13.7. The molecular weight excluding hydrogens is 521 g/mol. The first-order chi connectivity index (χ1) is 17.3. The van der Waals surface area contributed by atoms with Crippen LogP contribution in [0.2, 0.25) is 10.0 Å². The Morgan fingerprint density at radius 1 is 0.667 bits per heavy atom. The molecule has 0 saturated heterocycles. The fourth-order valence-corrected chi connectivity index (χ4v) is 8.83. The number of pyridine rings is 1. The highest BCUT2D eigenvalue weighted by atomic mass is 35.5. The number of aromatic nitrogens is 1. The largest absolute Gasteiger partial charge is 0.433 e. The van der Waals surface area contributed by atoms with E-state index in [1.165, 1.54) is 6.07 Å². The van der Waals surface area contributed by atoms with E-state index in [-0.39, 0.29) is 10.5 Å². The quantitative estimate of drug-likeness (QED) is 0.213. The van der Waals surface area contributed by atoms with Crippen LogP contribution in [-0.4, -0.2) is 10.8 Å². The molecule has 1 heterocycles. The smallest absolute Gasteiger partial charge is 0.242 e. The number of alkyl halides is 3. The second-order valence-corrected chi connectivity index (χ2v) is 12.3. The number of benzene rings is 4. The fraction of sp³-hybridized carbons (Fsp3) is 0.0345. The van der Waals surface area contributed by atoms with Gasteiger partial charge in [-0.05, 0) is 52.4 Å². The fourth-order valence-electron chi connectivity index (χ4n) is 4.40. The lowest BCUT2D eigenvalue weighted by Crippen LogP contribution is -2.27. The lowest BCUT2D eigenvalue weighted by atomic mass is 10.1. The summed E-state index contributed by atoms with van der Waals surface area (Å²) in [4.78, 5) is 3.87. The van der Waals surface area contributed by atoms with Crippen molar-refractivity contribution in [1.82, 2.24) is 4.98 Å². The van der Waals surface area contributed by atoms with Crippen molar-refractivity contribution in [3.8, 4) is 0 Å². The summed E-state index contributed by atoms with van der Waals surface area (Å²) in [6, 6.07) is 33.8. The molecule has 0 amide bonds. The van der Waals surface area contributed by atoms with Crippen molar-refractivity contribution in [3.63, 3.8) is 0 Å². The summed E-state index contributed by atoms with van der Waals surface area (Å²) >= 11 is 12.7. The highest BCUT2D eigenvalue weighted by Gasteiger charge is 2.34. The molecule has 0 aliphatic rings. The van der Waals surface area contributed by atoms with E-state index >= 15 is 0 Å². The molecule has 5 rings (SSSR count). The van der Waals surface area contributed by atoms with Crippen LogP contribution in [-0.2, 0) is 6.18 Å². The topological polar surface area (TPSA) is 12.9 Å². The molecule has 0 aliphatic heterocycles. The summed E-state index contributed by atoms with van der Waals surface area (Å²) in [5.74, 6) is 1.97. The lowest BCUT2D eigenvalue weighted by molar-refractivity contribution is -0.140. The van der Waals surface area contributed by atoms with Crippen molar-refractivity contribution in [2.75, 3.05) is 0 Å². The van der Waals surface area contributed by atoms with E-state index in [0.29, 0.717) is 16.0 Å². The van der Waals surface area contributed by atoms with E-state index in [9.17, 15) is 13.2 Å². The lowest BCUT2D eigenvalue weighted by Gasteiger charge is -2.29. The number of hydrogen-bond acceptors (Lipinski definition) is 1. The number of rotatable bonds is 4. The Morgan fingerprint density at radius 2 is 1.14 bits per heavy atom. The Hall–Kier alpha value is -3.04. The molecule has 1 aromatic heterocycles. The van der Waals surface area contributed by atoms with Gasteiger partial charge in [0, 0.05) is 10.4 Å². The van der Waals surface area contributed by atoms with E-state index in [2.05, 4.69) is 4.98 Å². The van der Waals surface area contributed by atoms with Crippen LogP contribution < -0.4 is 15.9 Å². The average molecular weight is 540 g/mol. The van der Waals surface area contributed by atoms with E-state index in [1.54, 1.807) is 6.07 Å². The van der Waals surface area contributed by atoms with Crippen LogP contribution in [0.1, 0.15) is 11.3 Å². The number of halogens is 5. The van der Waals surface area contributed by atoms with Gasteiger partial charge in [0.25, 0.3) is 0 Å². The predicted molar refractivity (Wildman–Crippen MR) is 147 cm³/mol. The molecule has 0 fully saturated rings. The van der Waals surface area contributed by atoms with E-state index in [4.69, 9.17) is 23.2 Å². The van der Waals surface area contributed by atoms with Gasteiger partial charge in [0.15, 0.2) is 0 Å². The zero-order chi connectivity index (χ0) is 25.3. The summed E-state index contributed by atoms with van der Waals surface area (Å²) in [7, 11) is 0. The number of fused-ring (bicyclic) bond motifs is 1. The van der Waals surface area contributed by atoms with E-state index < -0.39 is 18.8 Å². The molecule has 4 aromatic carbocycles. The van der Waals surface area contributed by atoms with Crippen LogP contribution >= 0.6 is 30.1 Å². The van der Waals surface area contributed by atoms with Gasteiger partial charge in [0.2, 0.25) is 0 Å². The van der Waals surface area contributed by atoms with Crippen molar-refractivity contribution in [2.24, 2.45) is 0 Å². The van der Waals surface area contributed by atoms with Crippen LogP contribution in [0, 0.1) is 0 Å². The Morgan fingerprint density at radius 3 is 1.58 bits per heavy atom. The molecule has 0 spiro atoms. The van der Waals surface area contributed by atoms with Gasteiger partial charge in [-0.1, -0.05) is 114 Å². The van der Waals surface area contributed by atoms with Gasteiger partial charge in [-0.15, -0.1) is 0 Å². The van der Waals surface area contributed by atoms with Gasteiger partial charge in [-0.2, -0.15) is 13.2 Å². The molecular formula is C29H19Cl2F3NP. The molecule has 0 radical (unpaired) electrons. The molecule has 36 heavy (non-hydrogen) atoms. The molecule has 0 saturated carbocycles. The average Bonchev–Trinajstić information content (AvgIpc) is 2.88. The molecule has 1 nitrogen and oxygen atoms in total. The Labute approximate surface area is 217 Å². The van der Waals surface area contributed by atoms with Crippen LogP contribution in [0.15, 0.2) is 109 Å². The molecule has 180 valence electrons. The van der Waals surface area contributed by atoms with Crippen molar-refractivity contribution < 1.29 is 13.2 Å². The molecule has 0 aliphatic carbocycles. The minimum Gasteiger partial charge on any atom is -0.242 e. The van der Waals surface area contributed by atoms with Crippen LogP contribution in [0.5, 0.6) is 0 Å². The van der Waals surface area contributed by atoms with E-state index in [1.807, 2.05) is 96.8 Å². The molecule has 0 atom stereocenters. The monoisotopic (exact) mass is 539 g/mol. The van der Waals surface area contributed by atoms with Gasteiger partial charge in [-0.25, -0.2) is 4.98 Å². The van der Waals surface area contributed by atoms with Crippen LogP contribution in [0.25, 0.3) is 10.9 Å². The van der Waals surface area contributed by atoms with Gasteiger partial charge in [0.1, 0.15) is 5.69 Å². The SMILES string of the molecule is FC(F)(F)c1cc(C=P(c2ccccc2)(c2ccccc2)c2ccccc2)c2cc(Cl)cc(Cl)c2n1. The van der Waals surface area contributed by atoms with Crippen LogP contribution in [0.3, 0.4) is 0 Å². The van der Waals surface area contributed by atoms with Gasteiger partial charge < -0.3 is 0 Å². The van der Waals surface area contributed by atoms with E-state index in [0.717, 1.165) is 22.0 Å². The Kier molecular flexibility index (Phi) is 6.70. The summed E-state index contributed by atoms with van der Waals surface area (Å²) in [5.41, 5.74) is -0.561. The third kappa shape index (κ3) is 4.57. The molecule has 0 N–H and O–H groups in total.